The highest BCUT2D eigenvalue weighted by Crippen LogP contribution is 2.37. The molecule has 0 bridgehead atoms. The first-order valence-electron chi connectivity index (χ1n) is 11.5. The summed E-state index contributed by atoms with van der Waals surface area (Å²) in [6.45, 7) is 0. The van der Waals surface area contributed by atoms with Crippen molar-refractivity contribution in [1.82, 2.24) is 14.5 Å². The first-order valence-corrected chi connectivity index (χ1v) is 11.5. The Balaban J connectivity index is 1.42. The molecule has 166 valence electrons. The van der Waals surface area contributed by atoms with Crippen LogP contribution in [0.4, 0.5) is 0 Å². The first-order chi connectivity index (χ1) is 16.1. The molecule has 0 amide bonds. The van der Waals surface area contributed by atoms with Gasteiger partial charge in [0.1, 0.15) is 0 Å². The van der Waals surface area contributed by atoms with E-state index in [9.17, 15) is 9.59 Å². The summed E-state index contributed by atoms with van der Waals surface area (Å²) < 4.78 is 1.86. The average Bonchev–Trinajstić information content (AvgIpc) is 3.42. The molecule has 5 rings (SSSR count). The fourth-order valence-electron chi connectivity index (χ4n) is 4.97. The number of nitrogens with one attached hydrogen (secondary N) is 1. The van der Waals surface area contributed by atoms with Gasteiger partial charge in [-0.15, -0.1) is 0 Å². The Morgan fingerprint density at radius 1 is 1.06 bits per heavy atom. The van der Waals surface area contributed by atoms with Crippen molar-refractivity contribution in [3.05, 3.63) is 101 Å². The molecule has 5 nitrogen and oxygen atoms in total. The normalized spacial score (nSPS) is 15.4. The summed E-state index contributed by atoms with van der Waals surface area (Å²) in [6, 6.07) is 18.0. The molecule has 1 unspecified atom stereocenters. The van der Waals surface area contributed by atoms with E-state index in [4.69, 9.17) is 0 Å². The maximum Gasteiger partial charge on any atom is 0.179 e. The first kappa shape index (κ1) is 21.1. The van der Waals surface area contributed by atoms with Gasteiger partial charge < -0.3 is 9.55 Å². The molecule has 0 saturated carbocycles. The van der Waals surface area contributed by atoms with Crippen LogP contribution < -0.4 is 0 Å². The standard InChI is InChI=1S/C28H27N3O2/c1-31-15-5-8-24(31)25(32)10-9-20-17-23-27(26(33)18-20)22(16-19-6-3-2-4-7-19)28(30-23)21-11-13-29-14-12-21/h2-8,11-15,20,30H,9-10,16-18H2,1H3. The highest BCUT2D eigenvalue weighted by Gasteiger charge is 2.31. The highest BCUT2D eigenvalue weighted by molar-refractivity contribution is 6.02. The van der Waals surface area contributed by atoms with Gasteiger partial charge in [0.25, 0.3) is 0 Å². The van der Waals surface area contributed by atoms with Gasteiger partial charge in [0.05, 0.1) is 11.4 Å². The van der Waals surface area contributed by atoms with Crippen LogP contribution in [-0.4, -0.2) is 26.1 Å². The van der Waals surface area contributed by atoms with E-state index in [1.807, 2.05) is 60.3 Å². The minimum absolute atomic E-state index is 0.134. The van der Waals surface area contributed by atoms with Crippen LogP contribution in [-0.2, 0) is 19.9 Å². The van der Waals surface area contributed by atoms with E-state index >= 15 is 0 Å². The highest BCUT2D eigenvalue weighted by atomic mass is 16.1. The Morgan fingerprint density at radius 2 is 1.85 bits per heavy atom. The summed E-state index contributed by atoms with van der Waals surface area (Å²) in [5.41, 5.74) is 6.84. The number of carbonyl (C=O) groups excluding carboxylic acids is 2. The monoisotopic (exact) mass is 437 g/mol. The van der Waals surface area contributed by atoms with Crippen LogP contribution in [0.2, 0.25) is 0 Å². The number of fused-ring (bicyclic) bond motifs is 1. The Bertz CT molecular complexity index is 1290. The molecule has 5 heteroatoms. The Morgan fingerprint density at radius 3 is 2.58 bits per heavy atom. The van der Waals surface area contributed by atoms with Crippen molar-refractivity contribution >= 4 is 11.6 Å². The molecule has 1 N–H and O–H groups in total. The molecular weight excluding hydrogens is 410 g/mol. The van der Waals surface area contributed by atoms with Crippen LogP contribution in [0.5, 0.6) is 0 Å². The predicted molar refractivity (Wildman–Crippen MR) is 128 cm³/mol. The second-order valence-electron chi connectivity index (χ2n) is 8.89. The second-order valence-corrected chi connectivity index (χ2v) is 8.89. The molecule has 0 fully saturated rings. The largest absolute Gasteiger partial charge is 0.358 e. The molecule has 1 atom stereocenters. The van der Waals surface area contributed by atoms with Crippen molar-refractivity contribution in [1.29, 1.82) is 0 Å². The number of H-pyrrole nitrogens is 1. The molecule has 1 aliphatic carbocycles. The zero-order valence-corrected chi connectivity index (χ0v) is 18.8. The summed E-state index contributed by atoms with van der Waals surface area (Å²) in [5.74, 6) is 0.479. The van der Waals surface area contributed by atoms with Crippen LogP contribution >= 0.6 is 0 Å². The Kier molecular flexibility index (Phi) is 5.78. The van der Waals surface area contributed by atoms with Crippen LogP contribution in [0.25, 0.3) is 11.3 Å². The third-order valence-corrected chi connectivity index (χ3v) is 6.63. The summed E-state index contributed by atoms with van der Waals surface area (Å²) in [6.07, 6.45) is 8.59. The van der Waals surface area contributed by atoms with Gasteiger partial charge in [-0.25, -0.2) is 0 Å². The van der Waals surface area contributed by atoms with Crippen LogP contribution in [0.15, 0.2) is 73.2 Å². The molecule has 1 aromatic carbocycles. The SMILES string of the molecule is Cn1cccc1C(=O)CCC1CC(=O)c2c([nH]c(-c3ccncc3)c2Cc2ccccc2)C1. The van der Waals surface area contributed by atoms with E-state index < -0.39 is 0 Å². The lowest BCUT2D eigenvalue weighted by Gasteiger charge is -2.22. The molecule has 3 heterocycles. The number of carbonyl (C=O) groups is 2. The van der Waals surface area contributed by atoms with Gasteiger partial charge in [0, 0.05) is 61.7 Å². The van der Waals surface area contributed by atoms with Crippen molar-refractivity contribution in [2.24, 2.45) is 13.0 Å². The minimum Gasteiger partial charge on any atom is -0.358 e. The van der Waals surface area contributed by atoms with Crippen LogP contribution in [0.1, 0.15) is 56.9 Å². The molecule has 33 heavy (non-hydrogen) atoms. The number of pyridine rings is 1. The van der Waals surface area contributed by atoms with Crippen LogP contribution in [0.3, 0.4) is 0 Å². The molecule has 0 radical (unpaired) electrons. The van der Waals surface area contributed by atoms with E-state index in [-0.39, 0.29) is 17.5 Å². The van der Waals surface area contributed by atoms with Gasteiger partial charge in [0.2, 0.25) is 0 Å². The van der Waals surface area contributed by atoms with Crippen molar-refractivity contribution < 1.29 is 9.59 Å². The van der Waals surface area contributed by atoms with E-state index in [0.717, 1.165) is 40.2 Å². The molecule has 1 aliphatic rings. The zero-order valence-electron chi connectivity index (χ0n) is 18.8. The lowest BCUT2D eigenvalue weighted by Crippen LogP contribution is -2.21. The van der Waals surface area contributed by atoms with E-state index in [0.29, 0.717) is 25.7 Å². The minimum atomic E-state index is 0.134. The number of hydrogen-bond donors (Lipinski definition) is 1. The summed E-state index contributed by atoms with van der Waals surface area (Å²) in [7, 11) is 1.89. The number of ketones is 2. The van der Waals surface area contributed by atoms with Gasteiger partial charge in [-0.1, -0.05) is 30.3 Å². The number of aromatic nitrogens is 3. The summed E-state index contributed by atoms with van der Waals surface area (Å²) >= 11 is 0. The van der Waals surface area contributed by atoms with Crippen molar-refractivity contribution in [2.75, 3.05) is 0 Å². The van der Waals surface area contributed by atoms with Crippen molar-refractivity contribution in [3.8, 4) is 11.3 Å². The fourth-order valence-corrected chi connectivity index (χ4v) is 4.97. The maximum atomic E-state index is 13.4. The molecule has 4 aromatic rings. The molecule has 3 aromatic heterocycles. The number of rotatable bonds is 7. The van der Waals surface area contributed by atoms with Gasteiger partial charge in [-0.05, 0) is 54.2 Å². The Hall–Kier alpha value is -3.73. The number of aromatic amines is 1. The number of nitrogens with zero attached hydrogens (tertiary/aromatic N) is 2. The van der Waals surface area contributed by atoms with E-state index in [1.54, 1.807) is 12.4 Å². The number of hydrogen-bond acceptors (Lipinski definition) is 3. The predicted octanol–water partition coefficient (Wildman–Crippen LogP) is 5.41. The van der Waals surface area contributed by atoms with Crippen molar-refractivity contribution in [2.45, 2.75) is 32.1 Å². The van der Waals surface area contributed by atoms with E-state index in [2.05, 4.69) is 22.1 Å². The van der Waals surface area contributed by atoms with Gasteiger partial charge >= 0.3 is 0 Å². The number of Topliss-reactive ketones (excluding diaryl/α,β-unsaturated/α-hetero) is 2. The number of aryl methyl sites for hydroxylation is 1. The quantitative estimate of drug-likeness (QED) is 0.393. The summed E-state index contributed by atoms with van der Waals surface area (Å²) in [5, 5.41) is 0. The molecular formula is C28H27N3O2. The molecule has 0 saturated heterocycles. The van der Waals surface area contributed by atoms with Crippen LogP contribution in [0, 0.1) is 5.92 Å². The average molecular weight is 438 g/mol. The lowest BCUT2D eigenvalue weighted by atomic mass is 9.81. The third-order valence-electron chi connectivity index (χ3n) is 6.63. The van der Waals surface area contributed by atoms with Gasteiger partial charge in [-0.2, -0.15) is 0 Å². The topological polar surface area (TPSA) is 67.8 Å². The lowest BCUT2D eigenvalue weighted by molar-refractivity contribution is 0.0916. The fraction of sp³-hybridized carbons (Fsp3) is 0.250. The second kappa shape index (κ2) is 9.02. The molecule has 0 aliphatic heterocycles. The van der Waals surface area contributed by atoms with E-state index in [1.165, 1.54) is 5.56 Å². The number of benzene rings is 1. The molecule has 0 spiro atoms. The summed E-state index contributed by atoms with van der Waals surface area (Å²) in [4.78, 5) is 33.7. The third kappa shape index (κ3) is 4.31. The smallest absolute Gasteiger partial charge is 0.179 e. The maximum absolute atomic E-state index is 13.4. The van der Waals surface area contributed by atoms with Gasteiger partial charge in [-0.3, -0.25) is 14.6 Å². The zero-order chi connectivity index (χ0) is 22.8. The van der Waals surface area contributed by atoms with Crippen molar-refractivity contribution in [3.63, 3.8) is 0 Å². The van der Waals surface area contributed by atoms with Gasteiger partial charge in [0.15, 0.2) is 11.6 Å². The Labute approximate surface area is 193 Å².